The molecule has 0 fully saturated rings. The lowest BCUT2D eigenvalue weighted by Crippen LogP contribution is -2.18. The number of nitrogens with one attached hydrogen (secondary N) is 2. The maximum Gasteiger partial charge on any atom is 0.276 e. The predicted molar refractivity (Wildman–Crippen MR) is 83.3 cm³/mol. The molecule has 0 bridgehead atoms. The summed E-state index contributed by atoms with van der Waals surface area (Å²) in [5.41, 5.74) is 5.57. The summed E-state index contributed by atoms with van der Waals surface area (Å²) in [4.78, 5) is 19.7. The average molecular weight is 294 g/mol. The number of aromatic nitrogens is 2. The summed E-state index contributed by atoms with van der Waals surface area (Å²) < 4.78 is 0. The van der Waals surface area contributed by atoms with Crippen LogP contribution in [0.15, 0.2) is 48.9 Å². The molecule has 0 saturated carbocycles. The zero-order chi connectivity index (χ0) is 15.5. The fourth-order valence-corrected chi connectivity index (χ4v) is 2.26. The fraction of sp³-hybridized carbons (Fsp3) is 0.0625. The number of fused-ring (bicyclic) bond motifs is 1. The third-order valence-electron chi connectivity index (χ3n) is 3.43. The predicted octanol–water partition coefficient (Wildman–Crippen LogP) is 2.80. The molecule has 2 heterocycles. The van der Waals surface area contributed by atoms with Gasteiger partial charge in [-0.15, -0.1) is 0 Å². The number of anilines is 2. The number of pyridine rings is 2. The maximum atomic E-state index is 11.4. The number of hydroxylamine groups is 1. The number of benzene rings is 1. The molecule has 0 aliphatic heterocycles. The van der Waals surface area contributed by atoms with Crippen molar-refractivity contribution in [3.63, 3.8) is 0 Å². The van der Waals surface area contributed by atoms with E-state index in [0.717, 1.165) is 27.8 Å². The van der Waals surface area contributed by atoms with E-state index in [-0.39, 0.29) is 0 Å². The van der Waals surface area contributed by atoms with Crippen molar-refractivity contribution in [3.05, 3.63) is 60.0 Å². The summed E-state index contributed by atoms with van der Waals surface area (Å²) in [6, 6.07) is 9.27. The molecule has 0 saturated heterocycles. The lowest BCUT2D eigenvalue weighted by Gasteiger charge is -2.12. The van der Waals surface area contributed by atoms with Gasteiger partial charge in [0.25, 0.3) is 5.91 Å². The maximum absolute atomic E-state index is 11.4. The second-order valence-electron chi connectivity index (χ2n) is 4.84. The molecule has 3 aromatic rings. The Kier molecular flexibility index (Phi) is 3.67. The van der Waals surface area contributed by atoms with E-state index >= 15 is 0 Å². The van der Waals surface area contributed by atoms with Crippen molar-refractivity contribution in [3.8, 4) is 0 Å². The van der Waals surface area contributed by atoms with Crippen molar-refractivity contribution in [2.45, 2.75) is 6.92 Å². The molecular formula is C16H14N4O2. The van der Waals surface area contributed by atoms with Gasteiger partial charge in [-0.2, -0.15) is 0 Å². The number of hydrogen-bond acceptors (Lipinski definition) is 5. The first-order valence-corrected chi connectivity index (χ1v) is 6.70. The zero-order valence-electron chi connectivity index (χ0n) is 11.9. The standard InChI is InChI=1S/C16H14N4O2/c1-10-14(19-13-4-6-17-7-5-13)3-2-11-8-12(16(21)20-22)9-18-15(10)11/h2-9,22H,1H3,(H,17,19)(H,20,21). The third kappa shape index (κ3) is 2.59. The first-order valence-electron chi connectivity index (χ1n) is 6.70. The molecule has 6 heteroatoms. The number of amides is 1. The largest absolute Gasteiger partial charge is 0.355 e. The highest BCUT2D eigenvalue weighted by Crippen LogP contribution is 2.26. The van der Waals surface area contributed by atoms with Gasteiger partial charge in [0.15, 0.2) is 0 Å². The summed E-state index contributed by atoms with van der Waals surface area (Å²) in [5, 5.41) is 12.8. The Morgan fingerprint density at radius 3 is 2.68 bits per heavy atom. The van der Waals surface area contributed by atoms with Crippen molar-refractivity contribution >= 4 is 28.2 Å². The number of rotatable bonds is 3. The Hall–Kier alpha value is -2.99. The van der Waals surface area contributed by atoms with Gasteiger partial charge in [0.05, 0.1) is 11.1 Å². The van der Waals surface area contributed by atoms with Crippen LogP contribution in [-0.4, -0.2) is 21.1 Å². The quantitative estimate of drug-likeness (QED) is 0.511. The van der Waals surface area contributed by atoms with Gasteiger partial charge in [0, 0.05) is 35.4 Å². The molecule has 1 amide bonds. The summed E-state index contributed by atoms with van der Waals surface area (Å²) in [6.45, 7) is 1.96. The minimum atomic E-state index is -0.578. The van der Waals surface area contributed by atoms with Crippen LogP contribution in [0.25, 0.3) is 10.9 Å². The normalized spacial score (nSPS) is 10.5. The smallest absolute Gasteiger partial charge is 0.276 e. The highest BCUT2D eigenvalue weighted by atomic mass is 16.5. The van der Waals surface area contributed by atoms with Crippen molar-refractivity contribution in [2.75, 3.05) is 5.32 Å². The number of hydrogen-bond donors (Lipinski definition) is 3. The zero-order valence-corrected chi connectivity index (χ0v) is 11.9. The van der Waals surface area contributed by atoms with Crippen LogP contribution in [0.5, 0.6) is 0 Å². The lowest BCUT2D eigenvalue weighted by atomic mass is 10.1. The molecule has 0 unspecified atom stereocenters. The van der Waals surface area contributed by atoms with E-state index in [1.807, 2.05) is 31.2 Å². The van der Waals surface area contributed by atoms with Crippen LogP contribution in [-0.2, 0) is 0 Å². The molecule has 0 aliphatic carbocycles. The van der Waals surface area contributed by atoms with Crippen LogP contribution in [0.3, 0.4) is 0 Å². The van der Waals surface area contributed by atoms with Gasteiger partial charge in [-0.1, -0.05) is 6.07 Å². The minimum absolute atomic E-state index is 0.309. The molecule has 1 aromatic carbocycles. The van der Waals surface area contributed by atoms with Gasteiger partial charge in [0.1, 0.15) is 0 Å². The Balaban J connectivity index is 2.01. The van der Waals surface area contributed by atoms with E-state index < -0.39 is 5.91 Å². The highest BCUT2D eigenvalue weighted by molar-refractivity contribution is 5.98. The Labute approximate surface area is 126 Å². The van der Waals surface area contributed by atoms with E-state index in [0.29, 0.717) is 5.56 Å². The molecule has 2 aromatic heterocycles. The Morgan fingerprint density at radius 2 is 1.95 bits per heavy atom. The van der Waals surface area contributed by atoms with Crippen LogP contribution in [0.1, 0.15) is 15.9 Å². The number of carbonyl (C=O) groups is 1. The van der Waals surface area contributed by atoms with Gasteiger partial charge >= 0.3 is 0 Å². The monoisotopic (exact) mass is 294 g/mol. The first-order chi connectivity index (χ1) is 10.7. The van der Waals surface area contributed by atoms with Crippen LogP contribution >= 0.6 is 0 Å². The van der Waals surface area contributed by atoms with Crippen molar-refractivity contribution in [1.29, 1.82) is 0 Å². The third-order valence-corrected chi connectivity index (χ3v) is 3.43. The van der Waals surface area contributed by atoms with E-state index in [9.17, 15) is 4.79 Å². The molecule has 3 rings (SSSR count). The first kappa shape index (κ1) is 14.0. The van der Waals surface area contributed by atoms with Gasteiger partial charge in [-0.3, -0.25) is 20.0 Å². The van der Waals surface area contributed by atoms with Gasteiger partial charge in [-0.25, -0.2) is 5.48 Å². The second kappa shape index (κ2) is 5.79. The minimum Gasteiger partial charge on any atom is -0.355 e. The molecule has 3 N–H and O–H groups in total. The van der Waals surface area contributed by atoms with E-state index in [1.165, 1.54) is 6.20 Å². The van der Waals surface area contributed by atoms with Crippen LogP contribution < -0.4 is 10.8 Å². The number of aryl methyl sites for hydroxylation is 1. The van der Waals surface area contributed by atoms with Crippen LogP contribution in [0, 0.1) is 6.92 Å². The van der Waals surface area contributed by atoms with Crippen LogP contribution in [0.4, 0.5) is 11.4 Å². The summed E-state index contributed by atoms with van der Waals surface area (Å²) in [6.07, 6.45) is 4.88. The number of carbonyl (C=O) groups excluding carboxylic acids is 1. The topological polar surface area (TPSA) is 87.1 Å². The molecule has 0 atom stereocenters. The molecular weight excluding hydrogens is 280 g/mol. The van der Waals surface area contributed by atoms with Gasteiger partial charge in [-0.05, 0) is 36.8 Å². The fourth-order valence-electron chi connectivity index (χ4n) is 2.26. The second-order valence-corrected chi connectivity index (χ2v) is 4.84. The molecule has 6 nitrogen and oxygen atoms in total. The highest BCUT2D eigenvalue weighted by Gasteiger charge is 2.09. The SMILES string of the molecule is Cc1c(Nc2ccncc2)ccc2cc(C(=O)NO)cnc12. The summed E-state index contributed by atoms with van der Waals surface area (Å²) in [7, 11) is 0. The van der Waals surface area contributed by atoms with E-state index in [4.69, 9.17) is 5.21 Å². The molecule has 22 heavy (non-hydrogen) atoms. The lowest BCUT2D eigenvalue weighted by molar-refractivity contribution is 0.0706. The Morgan fingerprint density at radius 1 is 1.18 bits per heavy atom. The van der Waals surface area contributed by atoms with Crippen molar-refractivity contribution < 1.29 is 10.0 Å². The molecule has 0 spiro atoms. The van der Waals surface area contributed by atoms with Crippen molar-refractivity contribution in [1.82, 2.24) is 15.4 Å². The van der Waals surface area contributed by atoms with Gasteiger partial charge < -0.3 is 5.32 Å². The molecule has 0 radical (unpaired) electrons. The van der Waals surface area contributed by atoms with Crippen LogP contribution in [0.2, 0.25) is 0 Å². The van der Waals surface area contributed by atoms with E-state index in [2.05, 4.69) is 15.3 Å². The van der Waals surface area contributed by atoms with E-state index in [1.54, 1.807) is 23.9 Å². The molecule has 0 aliphatic rings. The Bertz CT molecular complexity index is 834. The number of nitrogens with zero attached hydrogens (tertiary/aromatic N) is 2. The summed E-state index contributed by atoms with van der Waals surface area (Å²) >= 11 is 0. The van der Waals surface area contributed by atoms with Crippen molar-refractivity contribution in [2.24, 2.45) is 0 Å². The molecule has 110 valence electrons. The average Bonchev–Trinajstić information content (AvgIpc) is 2.57. The summed E-state index contributed by atoms with van der Waals surface area (Å²) in [5.74, 6) is -0.578. The van der Waals surface area contributed by atoms with Gasteiger partial charge in [0.2, 0.25) is 0 Å².